The van der Waals surface area contributed by atoms with E-state index in [1.54, 1.807) is 25.2 Å². The first-order valence-corrected chi connectivity index (χ1v) is 9.29. The van der Waals surface area contributed by atoms with Crippen molar-refractivity contribution in [3.8, 4) is 11.3 Å². The van der Waals surface area contributed by atoms with Crippen LogP contribution in [0.25, 0.3) is 22.3 Å². The fourth-order valence-corrected chi connectivity index (χ4v) is 3.97. The van der Waals surface area contributed by atoms with Gasteiger partial charge in [0.2, 0.25) is 0 Å². The monoisotopic (exact) mass is 366 g/mol. The Hall–Kier alpha value is -2.82. The molecule has 0 aliphatic carbocycles. The lowest BCUT2D eigenvalue weighted by Crippen LogP contribution is -2.19. The van der Waals surface area contributed by atoms with Crippen molar-refractivity contribution in [2.45, 2.75) is 25.7 Å². The molecule has 0 fully saturated rings. The number of hydrogen-bond donors (Lipinski definition) is 1. The lowest BCUT2D eigenvalue weighted by Gasteiger charge is -2.20. The zero-order valence-electron chi connectivity index (χ0n) is 15.8. The van der Waals surface area contributed by atoms with Crippen molar-refractivity contribution < 1.29 is 13.6 Å². The normalized spacial score (nSPS) is 16.9. The Morgan fingerprint density at radius 3 is 2.81 bits per heavy atom. The fraction of sp³-hybridized carbons (Fsp3) is 0.318. The molecule has 1 aliphatic rings. The number of halogens is 1. The molecule has 5 heteroatoms. The summed E-state index contributed by atoms with van der Waals surface area (Å²) in [5.41, 5.74) is 3.60. The van der Waals surface area contributed by atoms with Crippen molar-refractivity contribution in [3.05, 3.63) is 53.3 Å². The van der Waals surface area contributed by atoms with Crippen molar-refractivity contribution >= 4 is 22.6 Å². The van der Waals surface area contributed by atoms with Crippen LogP contribution in [0, 0.1) is 5.82 Å². The van der Waals surface area contributed by atoms with E-state index in [1.165, 1.54) is 11.6 Å². The smallest absolute Gasteiger partial charge is 0.255 e. The van der Waals surface area contributed by atoms with Crippen LogP contribution in [0.3, 0.4) is 0 Å². The molecule has 1 unspecified atom stereocenters. The second kappa shape index (κ2) is 6.72. The quantitative estimate of drug-likeness (QED) is 0.699. The lowest BCUT2D eigenvalue weighted by molar-refractivity contribution is 0.0964. The van der Waals surface area contributed by atoms with E-state index in [0.717, 1.165) is 30.5 Å². The van der Waals surface area contributed by atoms with Gasteiger partial charge >= 0.3 is 0 Å². The van der Waals surface area contributed by atoms with Gasteiger partial charge in [0.1, 0.15) is 11.4 Å². The van der Waals surface area contributed by atoms with Gasteiger partial charge in [-0.25, -0.2) is 4.39 Å². The molecule has 0 saturated carbocycles. The molecule has 1 atom stereocenters. The van der Waals surface area contributed by atoms with Gasteiger partial charge < -0.3 is 14.6 Å². The van der Waals surface area contributed by atoms with Crippen LogP contribution < -0.4 is 10.2 Å². The minimum absolute atomic E-state index is 0.276. The number of amides is 1. The van der Waals surface area contributed by atoms with Crippen LogP contribution in [0.15, 0.2) is 40.8 Å². The van der Waals surface area contributed by atoms with E-state index >= 15 is 0 Å². The number of fused-ring (bicyclic) bond motifs is 2. The highest BCUT2D eigenvalue weighted by atomic mass is 19.1. The molecule has 2 heterocycles. The molecule has 2 aromatic carbocycles. The van der Waals surface area contributed by atoms with E-state index in [4.69, 9.17) is 4.42 Å². The second-order valence-corrected chi connectivity index (χ2v) is 7.24. The summed E-state index contributed by atoms with van der Waals surface area (Å²) >= 11 is 0. The first-order chi connectivity index (χ1) is 13.0. The molecule has 140 valence electrons. The summed E-state index contributed by atoms with van der Waals surface area (Å²) in [4.78, 5) is 14.9. The highest BCUT2D eigenvalue weighted by molar-refractivity contribution is 6.11. The van der Waals surface area contributed by atoms with Crippen molar-refractivity contribution in [2.75, 3.05) is 25.5 Å². The molecule has 4 nitrogen and oxygen atoms in total. The van der Waals surface area contributed by atoms with E-state index in [1.807, 2.05) is 6.07 Å². The van der Waals surface area contributed by atoms with Crippen molar-refractivity contribution in [2.24, 2.45) is 0 Å². The Morgan fingerprint density at radius 2 is 2.07 bits per heavy atom. The molecule has 4 rings (SSSR count). The second-order valence-electron chi connectivity index (χ2n) is 7.24. The predicted octanol–water partition coefficient (Wildman–Crippen LogP) is 4.93. The molecule has 0 saturated heterocycles. The molecule has 0 spiro atoms. The molecule has 0 bridgehead atoms. The fourth-order valence-electron chi connectivity index (χ4n) is 3.97. The van der Waals surface area contributed by atoms with Crippen LogP contribution in [0.1, 0.15) is 41.6 Å². The van der Waals surface area contributed by atoms with Crippen LogP contribution in [-0.4, -0.2) is 26.5 Å². The van der Waals surface area contributed by atoms with Crippen molar-refractivity contribution in [1.29, 1.82) is 0 Å². The largest absolute Gasteiger partial charge is 0.455 e. The molecular weight excluding hydrogens is 343 g/mol. The van der Waals surface area contributed by atoms with Crippen molar-refractivity contribution in [1.82, 2.24) is 5.32 Å². The third kappa shape index (κ3) is 2.87. The van der Waals surface area contributed by atoms with Crippen LogP contribution in [0.4, 0.5) is 10.1 Å². The minimum Gasteiger partial charge on any atom is -0.455 e. The zero-order valence-corrected chi connectivity index (χ0v) is 15.8. The number of furan rings is 1. The van der Waals surface area contributed by atoms with E-state index < -0.39 is 5.82 Å². The van der Waals surface area contributed by atoms with Crippen LogP contribution in [0.5, 0.6) is 0 Å². The van der Waals surface area contributed by atoms with E-state index in [2.05, 4.69) is 30.3 Å². The average Bonchev–Trinajstić information content (AvgIpc) is 2.98. The third-order valence-corrected chi connectivity index (χ3v) is 5.48. The first-order valence-electron chi connectivity index (χ1n) is 9.29. The Bertz CT molecular complexity index is 1020. The maximum atomic E-state index is 14.4. The summed E-state index contributed by atoms with van der Waals surface area (Å²) in [5.74, 6) is -0.0213. The first kappa shape index (κ1) is 17.6. The highest BCUT2D eigenvalue weighted by Crippen LogP contribution is 2.41. The summed E-state index contributed by atoms with van der Waals surface area (Å²) in [5, 5.41) is 3.40. The molecular formula is C22H23FN2O2. The Kier molecular flexibility index (Phi) is 4.38. The van der Waals surface area contributed by atoms with Gasteiger partial charge in [0.15, 0.2) is 5.76 Å². The number of anilines is 1. The predicted molar refractivity (Wildman–Crippen MR) is 106 cm³/mol. The number of nitrogens with zero attached hydrogens (tertiary/aromatic N) is 1. The Balaban J connectivity index is 2.03. The number of rotatable bonds is 2. The number of hydrogen-bond acceptors (Lipinski definition) is 3. The zero-order chi connectivity index (χ0) is 19.1. The van der Waals surface area contributed by atoms with Gasteiger partial charge in [-0.3, -0.25) is 4.79 Å². The van der Waals surface area contributed by atoms with Crippen LogP contribution >= 0.6 is 0 Å². The van der Waals surface area contributed by atoms with Gasteiger partial charge in [-0.15, -0.1) is 0 Å². The summed E-state index contributed by atoms with van der Waals surface area (Å²) in [6.07, 6.45) is 2.21. The van der Waals surface area contributed by atoms with Gasteiger partial charge in [0.05, 0.1) is 11.1 Å². The highest BCUT2D eigenvalue weighted by Gasteiger charge is 2.27. The molecule has 1 amide bonds. The third-order valence-electron chi connectivity index (χ3n) is 5.48. The summed E-state index contributed by atoms with van der Waals surface area (Å²) in [7, 11) is 3.65. The number of carbonyl (C=O) groups excluding carboxylic acids is 1. The maximum absolute atomic E-state index is 14.4. The summed E-state index contributed by atoms with van der Waals surface area (Å²) < 4.78 is 20.5. The number of nitrogens with one attached hydrogen (secondary N) is 1. The Morgan fingerprint density at radius 1 is 1.30 bits per heavy atom. The summed E-state index contributed by atoms with van der Waals surface area (Å²) in [6.45, 7) is 3.19. The van der Waals surface area contributed by atoms with Gasteiger partial charge in [0.25, 0.3) is 5.91 Å². The molecule has 1 aliphatic heterocycles. The van der Waals surface area contributed by atoms with Crippen molar-refractivity contribution in [3.63, 3.8) is 0 Å². The lowest BCUT2D eigenvalue weighted by atomic mass is 9.93. The standard InChI is InChI=1S/C22H23FN2O2/c1-13-7-6-10-25(3)18-12-19-16(11-15(13)18)20(22(26)24-2)21(27-19)14-8-4-5-9-17(14)23/h4-5,8-9,11-13H,6-7,10H2,1-3H3,(H,24,26). The van der Waals surface area contributed by atoms with Gasteiger partial charge in [-0.1, -0.05) is 19.1 Å². The number of benzene rings is 2. The van der Waals surface area contributed by atoms with Gasteiger partial charge in [-0.05, 0) is 42.5 Å². The molecule has 3 aromatic rings. The van der Waals surface area contributed by atoms with Crippen LogP contribution in [0.2, 0.25) is 0 Å². The van der Waals surface area contributed by atoms with E-state index in [9.17, 15) is 9.18 Å². The van der Waals surface area contributed by atoms with Gasteiger partial charge in [-0.2, -0.15) is 0 Å². The van der Waals surface area contributed by atoms with E-state index in [-0.39, 0.29) is 11.7 Å². The van der Waals surface area contributed by atoms with Gasteiger partial charge in [0, 0.05) is 37.8 Å². The number of carbonyl (C=O) groups is 1. The average molecular weight is 366 g/mol. The molecule has 0 radical (unpaired) electrons. The van der Waals surface area contributed by atoms with Crippen LogP contribution in [-0.2, 0) is 0 Å². The molecule has 27 heavy (non-hydrogen) atoms. The topological polar surface area (TPSA) is 45.5 Å². The van der Waals surface area contributed by atoms with E-state index in [0.29, 0.717) is 22.6 Å². The SMILES string of the molecule is CNC(=O)c1c(-c2ccccc2F)oc2cc3c(cc12)C(C)CCCN3C. The minimum atomic E-state index is -0.409. The summed E-state index contributed by atoms with van der Waals surface area (Å²) in [6, 6.07) is 10.4. The maximum Gasteiger partial charge on any atom is 0.255 e. The molecule has 1 N–H and O–H groups in total. The Labute approximate surface area is 158 Å². The molecule has 1 aromatic heterocycles.